The first-order valence-electron chi connectivity index (χ1n) is 17.4. The number of benzene rings is 2. The molecular weight excluding hydrogens is 571 g/mol. The normalized spacial score (nSPS) is 23.6. The summed E-state index contributed by atoms with van der Waals surface area (Å²) in [5.74, 6) is 2.29. The maximum atomic E-state index is 5.16. The Balaban J connectivity index is 1.17. The van der Waals surface area contributed by atoms with E-state index in [4.69, 9.17) is 9.97 Å². The summed E-state index contributed by atoms with van der Waals surface area (Å²) in [6.45, 7) is 7.22. The second kappa shape index (κ2) is 10.9. The van der Waals surface area contributed by atoms with E-state index in [1.165, 1.54) is 44.6 Å². The van der Waals surface area contributed by atoms with E-state index in [1.54, 1.807) is 0 Å². The standard InChI is InChI=1S/C44H41N3/c1-28-18-23-34-36-25-38-35(33-16-10-11-17-37(33)44(38,2)3)26-42(36)47(41(34)24-28)32-21-19-30(20-22-32)40-27-39(29-12-6-4-7-13-29)45-43(46-40)31-14-8-5-9-15-31/h4,6-8,10-19,21,23,25-28,33,37H,5,9,20,22,24H2,1-3H3. The molecular formula is C44H41N3. The SMILES string of the molecule is CC1C=Cc2c(n(C3=CC=C(c4cc(-c5ccccc5)nc(C5=CCCC=C5)n4)CC3)c3cc4c(cc23)C(C)(C)C2C=CC=CC42)C1. The van der Waals surface area contributed by atoms with Gasteiger partial charge in [0.1, 0.15) is 0 Å². The minimum Gasteiger partial charge on any atom is -0.317 e. The van der Waals surface area contributed by atoms with Gasteiger partial charge in [0.2, 0.25) is 0 Å². The van der Waals surface area contributed by atoms with E-state index in [1.807, 2.05) is 0 Å². The molecule has 0 saturated heterocycles. The minimum atomic E-state index is 0.107. The van der Waals surface area contributed by atoms with Crippen LogP contribution in [0.25, 0.3) is 45.1 Å². The highest BCUT2D eigenvalue weighted by atomic mass is 15.0. The summed E-state index contributed by atoms with van der Waals surface area (Å²) in [5, 5.41) is 1.40. The van der Waals surface area contributed by atoms with Gasteiger partial charge in [0.05, 0.1) is 16.9 Å². The molecule has 0 spiro atoms. The molecule has 0 amide bonds. The highest BCUT2D eigenvalue weighted by Gasteiger charge is 2.45. The fraction of sp³-hybridized carbons (Fsp3) is 0.273. The molecule has 9 rings (SSSR count). The number of hydrogen-bond acceptors (Lipinski definition) is 2. The fourth-order valence-electron chi connectivity index (χ4n) is 8.69. The lowest BCUT2D eigenvalue weighted by Gasteiger charge is -2.29. The molecule has 4 aromatic rings. The molecule has 0 N–H and O–H groups in total. The monoisotopic (exact) mass is 611 g/mol. The van der Waals surface area contributed by atoms with Crippen LogP contribution in [0.15, 0.2) is 109 Å². The van der Waals surface area contributed by atoms with Gasteiger partial charge in [-0.1, -0.05) is 112 Å². The summed E-state index contributed by atoms with van der Waals surface area (Å²) in [4.78, 5) is 10.2. The predicted octanol–water partition coefficient (Wildman–Crippen LogP) is 10.9. The molecule has 0 saturated carbocycles. The number of fused-ring (bicyclic) bond motifs is 6. The molecule has 2 heterocycles. The van der Waals surface area contributed by atoms with Crippen molar-refractivity contribution >= 4 is 33.8 Å². The van der Waals surface area contributed by atoms with E-state index < -0.39 is 0 Å². The molecule has 5 aliphatic carbocycles. The number of allylic oxidation sites excluding steroid dienone is 13. The summed E-state index contributed by atoms with van der Waals surface area (Å²) in [7, 11) is 0. The van der Waals surface area contributed by atoms with Crippen molar-refractivity contribution in [3.8, 4) is 11.3 Å². The second-order valence-electron chi connectivity index (χ2n) is 14.6. The molecule has 3 unspecified atom stereocenters. The molecule has 3 heteroatoms. The Bertz CT molecular complexity index is 2160. The Morgan fingerprint density at radius 3 is 2.51 bits per heavy atom. The Morgan fingerprint density at radius 2 is 1.70 bits per heavy atom. The van der Waals surface area contributed by atoms with Crippen molar-refractivity contribution in [2.24, 2.45) is 11.8 Å². The number of nitrogens with zero attached hydrogens (tertiary/aromatic N) is 3. The lowest BCUT2D eigenvalue weighted by atomic mass is 9.74. The minimum absolute atomic E-state index is 0.107. The van der Waals surface area contributed by atoms with Gasteiger partial charge < -0.3 is 4.57 Å². The third-order valence-electron chi connectivity index (χ3n) is 11.2. The van der Waals surface area contributed by atoms with E-state index in [0.29, 0.717) is 17.8 Å². The van der Waals surface area contributed by atoms with Crippen LogP contribution in [-0.2, 0) is 11.8 Å². The molecule has 0 radical (unpaired) electrons. The first-order chi connectivity index (χ1) is 23.0. The largest absolute Gasteiger partial charge is 0.317 e. The Morgan fingerprint density at radius 1 is 0.851 bits per heavy atom. The maximum absolute atomic E-state index is 5.16. The fourth-order valence-corrected chi connectivity index (χ4v) is 8.69. The number of rotatable bonds is 4. The van der Waals surface area contributed by atoms with Gasteiger partial charge in [-0.3, -0.25) is 0 Å². The van der Waals surface area contributed by atoms with E-state index in [0.717, 1.165) is 60.5 Å². The third-order valence-corrected chi connectivity index (χ3v) is 11.2. The zero-order valence-corrected chi connectivity index (χ0v) is 27.6. The van der Waals surface area contributed by atoms with Gasteiger partial charge in [-0.25, -0.2) is 9.97 Å². The van der Waals surface area contributed by atoms with Crippen molar-refractivity contribution in [2.75, 3.05) is 0 Å². The Kier molecular flexibility index (Phi) is 6.61. The van der Waals surface area contributed by atoms with E-state index in [9.17, 15) is 0 Å². The summed E-state index contributed by atoms with van der Waals surface area (Å²) < 4.78 is 2.62. The summed E-state index contributed by atoms with van der Waals surface area (Å²) >= 11 is 0. The molecule has 47 heavy (non-hydrogen) atoms. The van der Waals surface area contributed by atoms with Gasteiger partial charge in [0, 0.05) is 39.4 Å². The first-order valence-corrected chi connectivity index (χ1v) is 17.4. The van der Waals surface area contributed by atoms with Crippen LogP contribution in [0.4, 0.5) is 0 Å². The molecule has 0 bridgehead atoms. The summed E-state index contributed by atoms with van der Waals surface area (Å²) in [6.07, 6.45) is 30.6. The van der Waals surface area contributed by atoms with Crippen molar-refractivity contribution in [1.29, 1.82) is 0 Å². The average Bonchev–Trinajstić information content (AvgIpc) is 3.55. The molecule has 0 aliphatic heterocycles. The highest BCUT2D eigenvalue weighted by Crippen LogP contribution is 2.54. The van der Waals surface area contributed by atoms with Crippen LogP contribution in [0.2, 0.25) is 0 Å². The van der Waals surface area contributed by atoms with Gasteiger partial charge >= 0.3 is 0 Å². The quantitative estimate of drug-likeness (QED) is 0.230. The lowest BCUT2D eigenvalue weighted by molar-refractivity contribution is 0.394. The van der Waals surface area contributed by atoms with Crippen LogP contribution in [0.1, 0.15) is 86.3 Å². The average molecular weight is 612 g/mol. The number of hydrogen-bond donors (Lipinski definition) is 0. The predicted molar refractivity (Wildman–Crippen MR) is 197 cm³/mol. The van der Waals surface area contributed by atoms with Crippen molar-refractivity contribution < 1.29 is 0 Å². The van der Waals surface area contributed by atoms with E-state index in [2.05, 4.69) is 141 Å². The second-order valence-corrected chi connectivity index (χ2v) is 14.6. The van der Waals surface area contributed by atoms with E-state index >= 15 is 0 Å². The van der Waals surface area contributed by atoms with Crippen LogP contribution >= 0.6 is 0 Å². The Hall–Kier alpha value is -4.76. The molecule has 2 aromatic carbocycles. The smallest absolute Gasteiger partial charge is 0.160 e. The molecule has 3 atom stereocenters. The Labute approximate surface area is 278 Å². The lowest BCUT2D eigenvalue weighted by Crippen LogP contribution is -2.24. The number of aromatic nitrogens is 3. The maximum Gasteiger partial charge on any atom is 0.160 e. The summed E-state index contributed by atoms with van der Waals surface area (Å²) in [6, 6.07) is 17.8. The van der Waals surface area contributed by atoms with Crippen LogP contribution in [0.3, 0.4) is 0 Å². The van der Waals surface area contributed by atoms with Crippen molar-refractivity contribution in [3.05, 3.63) is 143 Å². The molecule has 3 nitrogen and oxygen atoms in total. The van der Waals surface area contributed by atoms with Crippen molar-refractivity contribution in [2.45, 2.75) is 64.2 Å². The summed E-state index contributed by atoms with van der Waals surface area (Å²) in [5.41, 5.74) is 14.3. The van der Waals surface area contributed by atoms with Gasteiger partial charge in [-0.15, -0.1) is 0 Å². The third kappa shape index (κ3) is 4.62. The molecule has 5 aliphatic rings. The van der Waals surface area contributed by atoms with Gasteiger partial charge in [-0.05, 0) is 90.3 Å². The van der Waals surface area contributed by atoms with Crippen molar-refractivity contribution in [1.82, 2.24) is 14.5 Å². The van der Waals surface area contributed by atoms with E-state index in [-0.39, 0.29) is 5.41 Å². The van der Waals surface area contributed by atoms with Crippen molar-refractivity contribution in [3.63, 3.8) is 0 Å². The van der Waals surface area contributed by atoms with Gasteiger partial charge in [-0.2, -0.15) is 0 Å². The van der Waals surface area contributed by atoms with Crippen LogP contribution in [-0.4, -0.2) is 14.5 Å². The van der Waals surface area contributed by atoms with Gasteiger partial charge in [0.25, 0.3) is 0 Å². The first kappa shape index (κ1) is 28.5. The van der Waals surface area contributed by atoms with Crippen LogP contribution < -0.4 is 0 Å². The topological polar surface area (TPSA) is 30.7 Å². The zero-order valence-electron chi connectivity index (χ0n) is 27.6. The van der Waals surface area contributed by atoms with Gasteiger partial charge in [0.15, 0.2) is 5.82 Å². The van der Waals surface area contributed by atoms with Crippen LogP contribution in [0.5, 0.6) is 0 Å². The molecule has 2 aromatic heterocycles. The molecule has 232 valence electrons. The van der Waals surface area contributed by atoms with Crippen LogP contribution in [0, 0.1) is 11.8 Å². The highest BCUT2D eigenvalue weighted by molar-refractivity contribution is 5.96. The zero-order chi connectivity index (χ0) is 31.7. The molecule has 0 fully saturated rings.